The van der Waals surface area contributed by atoms with Gasteiger partial charge in [-0.25, -0.2) is 0 Å². The molecule has 0 heterocycles. The number of nitrogens with one attached hydrogen (secondary N) is 1. The van der Waals surface area contributed by atoms with Gasteiger partial charge in [0.2, 0.25) is 0 Å². The van der Waals surface area contributed by atoms with Crippen LogP contribution in [0.15, 0.2) is 78.9 Å². The first-order valence-corrected chi connectivity index (χ1v) is 9.48. The molecule has 0 saturated heterocycles. The Morgan fingerprint density at radius 1 is 0.935 bits per heavy atom. The quantitative estimate of drug-likeness (QED) is 0.357. The van der Waals surface area contributed by atoms with Crippen molar-refractivity contribution < 1.29 is 19.2 Å². The Balaban J connectivity index is 1.84. The first kappa shape index (κ1) is 21.5. The van der Waals surface area contributed by atoms with Crippen molar-refractivity contribution in [2.24, 2.45) is 0 Å². The third kappa shape index (κ3) is 5.66. The maximum Gasteiger partial charge on any atom is 0.314 e. The summed E-state index contributed by atoms with van der Waals surface area (Å²) in [5, 5.41) is 13.5. The van der Waals surface area contributed by atoms with Gasteiger partial charge in [-0.05, 0) is 17.2 Å². The molecule has 1 N–H and O–H groups in total. The van der Waals surface area contributed by atoms with Gasteiger partial charge in [0.15, 0.2) is 0 Å². The van der Waals surface area contributed by atoms with Crippen molar-refractivity contribution in [3.63, 3.8) is 0 Å². The molecule has 0 aliphatic rings. The molecular weight excluding hydrogens is 398 g/mol. The Hall–Kier alpha value is -4.20. The van der Waals surface area contributed by atoms with E-state index >= 15 is 0 Å². The van der Waals surface area contributed by atoms with Crippen molar-refractivity contribution in [2.75, 3.05) is 12.4 Å². The van der Waals surface area contributed by atoms with Gasteiger partial charge in [-0.3, -0.25) is 19.7 Å². The van der Waals surface area contributed by atoms with Gasteiger partial charge < -0.3 is 15.0 Å². The molecule has 31 heavy (non-hydrogen) atoms. The average molecular weight is 419 g/mol. The molecule has 0 aliphatic heterocycles. The first-order chi connectivity index (χ1) is 15.0. The van der Waals surface area contributed by atoms with Crippen LogP contribution in [0, 0.1) is 10.1 Å². The molecular formula is C23H21N3O5. The maximum absolute atomic E-state index is 13.0. The molecule has 0 aromatic heterocycles. The molecule has 8 heteroatoms. The molecule has 0 unspecified atom stereocenters. The van der Waals surface area contributed by atoms with Crippen LogP contribution in [0.4, 0.5) is 11.4 Å². The number of nitrogens with zero attached hydrogens (tertiary/aromatic N) is 2. The Bertz CT molecular complexity index is 1030. The summed E-state index contributed by atoms with van der Waals surface area (Å²) in [7, 11) is 1.37. The van der Waals surface area contributed by atoms with Crippen LogP contribution >= 0.6 is 0 Å². The van der Waals surface area contributed by atoms with E-state index < -0.39 is 16.7 Å². The second kappa shape index (κ2) is 10.0. The van der Waals surface area contributed by atoms with Gasteiger partial charge in [-0.2, -0.15) is 0 Å². The van der Waals surface area contributed by atoms with Crippen LogP contribution in [-0.2, 0) is 22.7 Å². The Kier molecular flexibility index (Phi) is 6.95. The van der Waals surface area contributed by atoms with Crippen LogP contribution in [0.1, 0.15) is 11.1 Å². The number of amides is 2. The zero-order valence-corrected chi connectivity index (χ0v) is 16.9. The summed E-state index contributed by atoms with van der Waals surface area (Å²) in [6.45, 7) is 0.460. The van der Waals surface area contributed by atoms with E-state index in [9.17, 15) is 19.7 Å². The number of nitro groups is 1. The maximum atomic E-state index is 13.0. The Labute approximate surface area is 179 Å². The van der Waals surface area contributed by atoms with Crippen LogP contribution in [-0.4, -0.2) is 28.7 Å². The van der Waals surface area contributed by atoms with Crippen molar-refractivity contribution in [3.8, 4) is 5.75 Å². The summed E-state index contributed by atoms with van der Waals surface area (Å²) in [5.41, 5.74) is 1.56. The normalized spacial score (nSPS) is 10.2. The number of benzene rings is 3. The predicted octanol–water partition coefficient (Wildman–Crippen LogP) is 3.77. The highest BCUT2D eigenvalue weighted by molar-refractivity contribution is 6.39. The van der Waals surface area contributed by atoms with Gasteiger partial charge in [0.1, 0.15) is 5.75 Å². The van der Waals surface area contributed by atoms with Gasteiger partial charge in [-0.1, -0.05) is 60.7 Å². The molecule has 0 saturated carbocycles. The number of methoxy groups -OCH3 is 1. The second-order valence-electron chi connectivity index (χ2n) is 6.73. The highest BCUT2D eigenvalue weighted by Gasteiger charge is 2.24. The van der Waals surface area contributed by atoms with Crippen molar-refractivity contribution >= 4 is 23.2 Å². The van der Waals surface area contributed by atoms with Crippen LogP contribution in [0.2, 0.25) is 0 Å². The van der Waals surface area contributed by atoms with Crippen molar-refractivity contribution in [3.05, 3.63) is 100 Å². The number of nitro benzene ring substituents is 1. The van der Waals surface area contributed by atoms with E-state index in [1.165, 1.54) is 24.1 Å². The van der Waals surface area contributed by atoms with E-state index in [4.69, 9.17) is 4.74 Å². The third-order valence-electron chi connectivity index (χ3n) is 4.56. The SMILES string of the molecule is COc1ccc([N+](=O)[O-])cc1NC(=O)C(=O)N(Cc1ccccc1)Cc1ccccc1. The number of hydrogen-bond donors (Lipinski definition) is 1. The number of non-ortho nitro benzene ring substituents is 1. The van der Waals surface area contributed by atoms with Gasteiger partial charge >= 0.3 is 11.8 Å². The van der Waals surface area contributed by atoms with Gasteiger partial charge in [0.05, 0.1) is 17.7 Å². The number of ether oxygens (including phenoxy) is 1. The lowest BCUT2D eigenvalue weighted by Gasteiger charge is -2.22. The van der Waals surface area contributed by atoms with E-state index in [0.717, 1.165) is 17.2 Å². The summed E-state index contributed by atoms with van der Waals surface area (Å²) in [5.74, 6) is -1.46. The summed E-state index contributed by atoms with van der Waals surface area (Å²) < 4.78 is 5.15. The molecule has 158 valence electrons. The molecule has 0 atom stereocenters. The summed E-state index contributed by atoms with van der Waals surface area (Å²) in [6, 6.07) is 22.4. The highest BCUT2D eigenvalue weighted by Crippen LogP contribution is 2.29. The van der Waals surface area contributed by atoms with Crippen molar-refractivity contribution in [2.45, 2.75) is 13.1 Å². The third-order valence-corrected chi connectivity index (χ3v) is 4.56. The molecule has 3 aromatic rings. The number of carbonyl (C=O) groups is 2. The summed E-state index contributed by atoms with van der Waals surface area (Å²) >= 11 is 0. The van der Waals surface area contributed by atoms with Crippen LogP contribution in [0.3, 0.4) is 0 Å². The number of hydrogen-bond acceptors (Lipinski definition) is 5. The molecule has 3 aromatic carbocycles. The Morgan fingerprint density at radius 3 is 1.97 bits per heavy atom. The van der Waals surface area contributed by atoms with Gasteiger partial charge in [-0.15, -0.1) is 0 Å². The standard InChI is InChI=1S/C23H21N3O5/c1-31-21-13-12-19(26(29)30)14-20(21)24-22(27)23(28)25(15-17-8-4-2-5-9-17)16-18-10-6-3-7-11-18/h2-14H,15-16H2,1H3,(H,24,27). The second-order valence-corrected chi connectivity index (χ2v) is 6.73. The van der Waals surface area contributed by atoms with E-state index in [-0.39, 0.29) is 30.2 Å². The van der Waals surface area contributed by atoms with Crippen LogP contribution in [0.5, 0.6) is 5.75 Å². The molecule has 0 aliphatic carbocycles. The minimum atomic E-state index is -0.911. The lowest BCUT2D eigenvalue weighted by Crippen LogP contribution is -2.39. The number of anilines is 1. The molecule has 3 rings (SSSR count). The minimum Gasteiger partial charge on any atom is -0.495 e. The van der Waals surface area contributed by atoms with E-state index in [2.05, 4.69) is 5.32 Å². The highest BCUT2D eigenvalue weighted by atomic mass is 16.6. The minimum absolute atomic E-state index is 0.0504. The number of rotatable bonds is 7. The zero-order valence-electron chi connectivity index (χ0n) is 16.9. The lowest BCUT2D eigenvalue weighted by molar-refractivity contribution is -0.384. The van der Waals surface area contributed by atoms with Crippen molar-refractivity contribution in [1.82, 2.24) is 4.90 Å². The average Bonchev–Trinajstić information content (AvgIpc) is 2.79. The molecule has 0 spiro atoms. The summed E-state index contributed by atoms with van der Waals surface area (Å²) in [4.78, 5) is 37.7. The predicted molar refractivity (Wildman–Crippen MR) is 115 cm³/mol. The first-order valence-electron chi connectivity index (χ1n) is 9.48. The molecule has 0 radical (unpaired) electrons. The summed E-state index contributed by atoms with van der Waals surface area (Å²) in [6.07, 6.45) is 0. The monoisotopic (exact) mass is 419 g/mol. The fourth-order valence-corrected chi connectivity index (χ4v) is 3.03. The largest absolute Gasteiger partial charge is 0.495 e. The smallest absolute Gasteiger partial charge is 0.314 e. The number of carbonyl (C=O) groups excluding carboxylic acids is 2. The van der Waals surface area contributed by atoms with E-state index in [0.29, 0.717) is 0 Å². The van der Waals surface area contributed by atoms with Crippen LogP contribution < -0.4 is 10.1 Å². The topological polar surface area (TPSA) is 102 Å². The van der Waals surface area contributed by atoms with E-state index in [1.54, 1.807) is 0 Å². The molecule has 0 fully saturated rings. The fraction of sp³-hybridized carbons (Fsp3) is 0.130. The zero-order chi connectivity index (χ0) is 22.2. The molecule has 8 nitrogen and oxygen atoms in total. The van der Waals surface area contributed by atoms with Gasteiger partial charge in [0, 0.05) is 25.2 Å². The lowest BCUT2D eigenvalue weighted by atomic mass is 10.1. The Morgan fingerprint density at radius 2 is 1.48 bits per heavy atom. The van der Waals surface area contributed by atoms with E-state index in [1.807, 2.05) is 60.7 Å². The molecule has 2 amide bonds. The fourth-order valence-electron chi connectivity index (χ4n) is 3.03. The van der Waals surface area contributed by atoms with Gasteiger partial charge in [0.25, 0.3) is 5.69 Å². The van der Waals surface area contributed by atoms with Crippen molar-refractivity contribution in [1.29, 1.82) is 0 Å². The van der Waals surface area contributed by atoms with Crippen LogP contribution in [0.25, 0.3) is 0 Å². The molecule has 0 bridgehead atoms.